The van der Waals surface area contributed by atoms with E-state index in [0.717, 1.165) is 27.7 Å². The van der Waals surface area contributed by atoms with Crippen molar-refractivity contribution in [3.63, 3.8) is 0 Å². The number of fused-ring (bicyclic) bond motifs is 2. The summed E-state index contributed by atoms with van der Waals surface area (Å²) in [5.41, 5.74) is 0. The predicted molar refractivity (Wildman–Crippen MR) is 107 cm³/mol. The first-order chi connectivity index (χ1) is 15.4. The maximum atomic E-state index is 13.2. The zero-order chi connectivity index (χ0) is 22.5. The van der Waals surface area contributed by atoms with E-state index in [1.165, 1.54) is 11.3 Å². The Balaban J connectivity index is 1.58. The predicted octanol–water partition coefficient (Wildman–Crippen LogP) is 2.82. The van der Waals surface area contributed by atoms with Gasteiger partial charge in [-0.1, -0.05) is 13.3 Å². The molecule has 0 saturated carbocycles. The highest BCUT2D eigenvalue weighted by molar-refractivity contribution is 7.18. The first-order valence-electron chi connectivity index (χ1n) is 9.85. The number of hydrogen-bond acceptors (Lipinski definition) is 10. The Morgan fingerprint density at radius 2 is 2.00 bits per heavy atom. The molecule has 1 aliphatic rings. The van der Waals surface area contributed by atoms with Gasteiger partial charge in [0.2, 0.25) is 17.5 Å². The first-order valence-corrected chi connectivity index (χ1v) is 10.7. The summed E-state index contributed by atoms with van der Waals surface area (Å²) in [5.74, 6) is 0.0453. The first kappa shape index (κ1) is 20.8. The van der Waals surface area contributed by atoms with Gasteiger partial charge >= 0.3 is 6.18 Å². The molecule has 5 heterocycles. The molecule has 0 fully saturated rings. The molecule has 4 aromatic heterocycles. The van der Waals surface area contributed by atoms with E-state index in [0.29, 0.717) is 10.6 Å². The van der Waals surface area contributed by atoms with Gasteiger partial charge in [0.1, 0.15) is 17.3 Å². The molecule has 0 saturated heterocycles. The van der Waals surface area contributed by atoms with Crippen molar-refractivity contribution >= 4 is 27.4 Å². The van der Waals surface area contributed by atoms with Gasteiger partial charge in [0, 0.05) is 18.0 Å². The van der Waals surface area contributed by atoms with Gasteiger partial charge in [0.05, 0.1) is 11.9 Å². The SMILES string of the molecule is CCCc1cc2c(N3CCn4c(nnc4C(F)(F)F)C3)nc(-c3nnc(CO)o3)nc2s1. The van der Waals surface area contributed by atoms with E-state index in [2.05, 4.69) is 37.3 Å². The fourth-order valence-corrected chi connectivity index (χ4v) is 4.74. The maximum Gasteiger partial charge on any atom is 0.451 e. The van der Waals surface area contributed by atoms with E-state index < -0.39 is 18.6 Å². The summed E-state index contributed by atoms with van der Waals surface area (Å²) in [5, 5.41) is 24.7. The molecular formula is C18H17F3N8O2S. The molecule has 168 valence electrons. The molecule has 1 N–H and O–H groups in total. The Morgan fingerprint density at radius 3 is 2.72 bits per heavy atom. The number of alkyl halides is 3. The molecule has 1 aliphatic heterocycles. The van der Waals surface area contributed by atoms with Gasteiger partial charge in [-0.05, 0) is 12.5 Å². The highest BCUT2D eigenvalue weighted by Crippen LogP contribution is 2.36. The quantitative estimate of drug-likeness (QED) is 0.473. The second kappa shape index (κ2) is 7.78. The minimum Gasteiger partial charge on any atom is -0.416 e. The minimum absolute atomic E-state index is 0.0360. The third kappa shape index (κ3) is 3.58. The van der Waals surface area contributed by atoms with Crippen LogP contribution in [0.3, 0.4) is 0 Å². The van der Waals surface area contributed by atoms with Crippen LogP contribution in [0.25, 0.3) is 21.9 Å². The second-order valence-electron chi connectivity index (χ2n) is 7.22. The van der Waals surface area contributed by atoms with Crippen LogP contribution in [0.4, 0.5) is 19.0 Å². The molecular weight excluding hydrogens is 449 g/mol. The van der Waals surface area contributed by atoms with E-state index in [1.807, 2.05) is 11.0 Å². The van der Waals surface area contributed by atoms with Crippen molar-refractivity contribution in [2.75, 3.05) is 11.4 Å². The normalized spacial score (nSPS) is 14.3. The van der Waals surface area contributed by atoms with Crippen molar-refractivity contribution in [3.05, 3.63) is 28.5 Å². The Kier molecular flexibility index (Phi) is 5.04. The van der Waals surface area contributed by atoms with Crippen LogP contribution in [0.15, 0.2) is 10.5 Å². The molecule has 14 heteroatoms. The fourth-order valence-electron chi connectivity index (χ4n) is 3.62. The lowest BCUT2D eigenvalue weighted by atomic mass is 10.2. The van der Waals surface area contributed by atoms with Gasteiger partial charge in [0.15, 0.2) is 5.82 Å². The number of aryl methyl sites for hydroxylation is 1. The van der Waals surface area contributed by atoms with Crippen LogP contribution in [0.5, 0.6) is 0 Å². The van der Waals surface area contributed by atoms with E-state index in [4.69, 9.17) is 4.42 Å². The molecule has 0 atom stereocenters. The van der Waals surface area contributed by atoms with Crippen molar-refractivity contribution < 1.29 is 22.7 Å². The molecule has 5 rings (SSSR count). The van der Waals surface area contributed by atoms with Crippen molar-refractivity contribution in [2.45, 2.75) is 45.6 Å². The minimum atomic E-state index is -4.56. The Hall–Kier alpha value is -3.13. The standard InChI is InChI=1S/C18H17F3N8O2S/c1-2-3-9-6-10-14(22-13(23-16(10)32-9)15-26-25-12(8-30)31-15)28-4-5-29-11(7-28)24-27-17(29)18(19,20)21/h6,30H,2-5,7-8H2,1H3. The van der Waals surface area contributed by atoms with E-state index in [1.54, 1.807) is 0 Å². The summed E-state index contributed by atoms with van der Waals surface area (Å²) in [4.78, 5) is 12.8. The Bertz CT molecular complexity index is 1280. The lowest BCUT2D eigenvalue weighted by Gasteiger charge is -2.29. The highest BCUT2D eigenvalue weighted by Gasteiger charge is 2.39. The molecule has 0 unspecified atom stereocenters. The zero-order valence-corrected chi connectivity index (χ0v) is 17.6. The average Bonchev–Trinajstić information content (AvgIpc) is 3.49. The number of aromatic nitrogens is 7. The van der Waals surface area contributed by atoms with Gasteiger partial charge in [-0.25, -0.2) is 9.97 Å². The van der Waals surface area contributed by atoms with Crippen LogP contribution in [0.1, 0.15) is 35.8 Å². The number of aliphatic hydroxyl groups excluding tert-OH is 1. The molecule has 0 aromatic carbocycles. The number of nitrogens with zero attached hydrogens (tertiary/aromatic N) is 8. The van der Waals surface area contributed by atoms with Gasteiger partial charge in [-0.3, -0.25) is 0 Å². The number of aliphatic hydroxyl groups is 1. The molecule has 32 heavy (non-hydrogen) atoms. The third-order valence-electron chi connectivity index (χ3n) is 5.02. The smallest absolute Gasteiger partial charge is 0.416 e. The highest BCUT2D eigenvalue weighted by atomic mass is 32.1. The summed E-state index contributed by atoms with van der Waals surface area (Å²) in [6, 6.07) is 2.01. The van der Waals surface area contributed by atoms with E-state index in [9.17, 15) is 18.3 Å². The lowest BCUT2D eigenvalue weighted by molar-refractivity contribution is -0.147. The Morgan fingerprint density at radius 1 is 1.16 bits per heavy atom. The number of anilines is 1. The van der Waals surface area contributed by atoms with Crippen molar-refractivity contribution in [1.82, 2.24) is 34.9 Å². The molecule has 0 aliphatic carbocycles. The Labute approximate surface area is 182 Å². The van der Waals surface area contributed by atoms with Crippen LogP contribution in [0, 0.1) is 0 Å². The summed E-state index contributed by atoms with van der Waals surface area (Å²) in [7, 11) is 0. The molecule has 0 radical (unpaired) electrons. The molecule has 0 bridgehead atoms. The van der Waals surface area contributed by atoms with E-state index in [-0.39, 0.29) is 43.1 Å². The second-order valence-corrected chi connectivity index (χ2v) is 8.34. The van der Waals surface area contributed by atoms with Crippen LogP contribution >= 0.6 is 11.3 Å². The number of hydrogen-bond donors (Lipinski definition) is 1. The summed E-state index contributed by atoms with van der Waals surface area (Å²) in [6.07, 6.45) is -2.74. The maximum absolute atomic E-state index is 13.2. The average molecular weight is 466 g/mol. The van der Waals surface area contributed by atoms with Crippen LogP contribution in [0.2, 0.25) is 0 Å². The molecule has 0 spiro atoms. The van der Waals surface area contributed by atoms with Crippen molar-refractivity contribution in [2.24, 2.45) is 0 Å². The topological polar surface area (TPSA) is 119 Å². The molecule has 10 nitrogen and oxygen atoms in total. The largest absolute Gasteiger partial charge is 0.451 e. The van der Waals surface area contributed by atoms with Gasteiger partial charge in [0.25, 0.3) is 5.89 Å². The lowest BCUT2D eigenvalue weighted by Crippen LogP contribution is -2.36. The van der Waals surface area contributed by atoms with Crippen LogP contribution < -0.4 is 4.90 Å². The summed E-state index contributed by atoms with van der Waals surface area (Å²) >= 11 is 1.52. The monoisotopic (exact) mass is 466 g/mol. The van der Waals surface area contributed by atoms with Crippen LogP contribution in [-0.2, 0) is 32.3 Å². The van der Waals surface area contributed by atoms with Crippen LogP contribution in [-0.4, -0.2) is 46.6 Å². The van der Waals surface area contributed by atoms with Crippen molar-refractivity contribution in [3.8, 4) is 11.7 Å². The van der Waals surface area contributed by atoms with E-state index >= 15 is 0 Å². The fraction of sp³-hybridized carbons (Fsp3) is 0.444. The zero-order valence-electron chi connectivity index (χ0n) is 16.8. The number of thiophene rings is 1. The van der Waals surface area contributed by atoms with Gasteiger partial charge in [-0.15, -0.1) is 31.7 Å². The van der Waals surface area contributed by atoms with Gasteiger partial charge in [-0.2, -0.15) is 13.2 Å². The molecule has 4 aromatic rings. The molecule has 0 amide bonds. The van der Waals surface area contributed by atoms with Gasteiger partial charge < -0.3 is 19.0 Å². The summed E-state index contributed by atoms with van der Waals surface area (Å²) in [6.45, 7) is 2.13. The number of rotatable bonds is 5. The third-order valence-corrected chi connectivity index (χ3v) is 6.11. The number of halogens is 3. The summed E-state index contributed by atoms with van der Waals surface area (Å²) < 4.78 is 46.1. The van der Waals surface area contributed by atoms with Crippen molar-refractivity contribution in [1.29, 1.82) is 0 Å².